The molecule has 7 heteroatoms. The third-order valence-electron chi connectivity index (χ3n) is 1.23. The number of alkyl halides is 3. The number of carbonyl (C=O) groups is 1. The van der Waals surface area contributed by atoms with Gasteiger partial charge >= 0.3 is 18.0 Å². The first-order valence-corrected chi connectivity index (χ1v) is 3.65. The molecule has 0 aromatic carbocycles. The Morgan fingerprint density at radius 3 is 2.71 bits per heavy atom. The normalized spacial score (nSPS) is 11.4. The van der Waals surface area contributed by atoms with Crippen LogP contribution in [0.5, 0.6) is 0 Å². The average molecular weight is 209 g/mol. The van der Waals surface area contributed by atoms with Gasteiger partial charge in [0.05, 0.1) is 6.61 Å². The van der Waals surface area contributed by atoms with Crippen LogP contribution in [0.15, 0.2) is 10.7 Å². The molecule has 1 rings (SSSR count). The van der Waals surface area contributed by atoms with Crippen LogP contribution in [-0.4, -0.2) is 17.6 Å². The third kappa shape index (κ3) is 2.24. The third-order valence-corrected chi connectivity index (χ3v) is 1.23. The van der Waals surface area contributed by atoms with Gasteiger partial charge in [-0.1, -0.05) is 0 Å². The molecule has 1 aromatic rings. The van der Waals surface area contributed by atoms with Gasteiger partial charge in [0, 0.05) is 0 Å². The minimum absolute atomic E-state index is 0.0625. The van der Waals surface area contributed by atoms with Gasteiger partial charge in [0.25, 0.3) is 0 Å². The van der Waals surface area contributed by atoms with Crippen LogP contribution in [0.3, 0.4) is 0 Å². The molecule has 78 valence electrons. The fourth-order valence-electron chi connectivity index (χ4n) is 0.703. The molecule has 0 unspecified atom stereocenters. The summed E-state index contributed by atoms with van der Waals surface area (Å²) in [6.45, 7) is 1.59. The first kappa shape index (κ1) is 10.6. The second kappa shape index (κ2) is 3.69. The molecule has 0 fully saturated rings. The van der Waals surface area contributed by atoms with Crippen molar-refractivity contribution in [1.82, 2.24) is 4.98 Å². The lowest BCUT2D eigenvalue weighted by atomic mass is 10.5. The number of nitrogens with zero attached hydrogens (tertiary/aromatic N) is 1. The van der Waals surface area contributed by atoms with Crippen molar-refractivity contribution in [2.24, 2.45) is 0 Å². The Labute approximate surface area is 76.7 Å². The molecular weight excluding hydrogens is 203 g/mol. The maximum Gasteiger partial charge on any atom is 0.468 e. The van der Waals surface area contributed by atoms with E-state index in [-0.39, 0.29) is 6.61 Å². The maximum atomic E-state index is 11.9. The standard InChI is InChI=1S/C7H6F3NO3/c1-2-13-5(12)4-3-14-6(11-4)7(8,9)10/h3H,2H2,1H3. The molecule has 0 saturated carbocycles. The van der Waals surface area contributed by atoms with Crippen molar-refractivity contribution in [3.63, 3.8) is 0 Å². The molecular formula is C7H6F3NO3. The molecule has 0 atom stereocenters. The average Bonchev–Trinajstić information content (AvgIpc) is 2.51. The van der Waals surface area contributed by atoms with Crippen molar-refractivity contribution in [2.75, 3.05) is 6.61 Å². The van der Waals surface area contributed by atoms with Crippen molar-refractivity contribution in [3.05, 3.63) is 17.8 Å². The van der Waals surface area contributed by atoms with Crippen molar-refractivity contribution in [2.45, 2.75) is 13.1 Å². The van der Waals surface area contributed by atoms with Gasteiger partial charge < -0.3 is 9.15 Å². The molecule has 0 N–H and O–H groups in total. The van der Waals surface area contributed by atoms with Gasteiger partial charge in [0.1, 0.15) is 6.26 Å². The Morgan fingerprint density at radius 1 is 1.64 bits per heavy atom. The van der Waals surface area contributed by atoms with E-state index in [0.717, 1.165) is 0 Å². The van der Waals surface area contributed by atoms with Crippen molar-refractivity contribution in [1.29, 1.82) is 0 Å². The van der Waals surface area contributed by atoms with Crippen LogP contribution in [-0.2, 0) is 10.9 Å². The highest BCUT2D eigenvalue weighted by Crippen LogP contribution is 2.28. The Hall–Kier alpha value is -1.53. The van der Waals surface area contributed by atoms with Crippen LogP contribution in [0, 0.1) is 0 Å². The minimum Gasteiger partial charge on any atom is -0.461 e. The lowest BCUT2D eigenvalue weighted by Crippen LogP contribution is -2.08. The van der Waals surface area contributed by atoms with Gasteiger partial charge in [-0.15, -0.1) is 0 Å². The van der Waals surface area contributed by atoms with Crippen LogP contribution < -0.4 is 0 Å². The SMILES string of the molecule is CCOC(=O)c1coc(C(F)(F)F)n1. The van der Waals surface area contributed by atoms with Crippen LogP contribution in [0.25, 0.3) is 0 Å². The largest absolute Gasteiger partial charge is 0.468 e. The molecule has 0 saturated heterocycles. The van der Waals surface area contributed by atoms with Crippen molar-refractivity contribution in [3.8, 4) is 0 Å². The van der Waals surface area contributed by atoms with Gasteiger partial charge in [0.15, 0.2) is 5.69 Å². The van der Waals surface area contributed by atoms with E-state index >= 15 is 0 Å². The van der Waals surface area contributed by atoms with E-state index in [1.54, 1.807) is 0 Å². The van der Waals surface area contributed by atoms with Gasteiger partial charge in [-0.2, -0.15) is 18.2 Å². The molecule has 0 spiro atoms. The van der Waals surface area contributed by atoms with E-state index in [1.165, 1.54) is 6.92 Å². The Bertz CT molecular complexity index is 331. The van der Waals surface area contributed by atoms with E-state index in [9.17, 15) is 18.0 Å². The fraction of sp³-hybridized carbons (Fsp3) is 0.429. The number of oxazole rings is 1. The molecule has 1 heterocycles. The molecule has 0 bridgehead atoms. The summed E-state index contributed by atoms with van der Waals surface area (Å²) in [4.78, 5) is 13.8. The number of halogens is 3. The number of aromatic nitrogens is 1. The molecule has 0 radical (unpaired) electrons. The predicted molar refractivity (Wildman–Crippen MR) is 37.5 cm³/mol. The van der Waals surface area contributed by atoms with E-state index in [0.29, 0.717) is 6.26 Å². The van der Waals surface area contributed by atoms with E-state index in [2.05, 4.69) is 14.1 Å². The van der Waals surface area contributed by atoms with E-state index in [4.69, 9.17) is 0 Å². The summed E-state index contributed by atoms with van der Waals surface area (Å²) < 4.78 is 44.3. The second-order valence-corrected chi connectivity index (χ2v) is 2.26. The summed E-state index contributed by atoms with van der Waals surface area (Å²) in [6, 6.07) is 0. The number of ether oxygens (including phenoxy) is 1. The number of carbonyl (C=O) groups excluding carboxylic acids is 1. The molecule has 4 nitrogen and oxygen atoms in total. The maximum absolute atomic E-state index is 11.9. The molecule has 0 aliphatic heterocycles. The number of hydrogen-bond acceptors (Lipinski definition) is 4. The zero-order chi connectivity index (χ0) is 10.8. The topological polar surface area (TPSA) is 52.3 Å². The number of esters is 1. The van der Waals surface area contributed by atoms with Crippen molar-refractivity contribution >= 4 is 5.97 Å². The highest BCUT2D eigenvalue weighted by molar-refractivity contribution is 5.86. The summed E-state index contributed by atoms with van der Waals surface area (Å²) in [6.07, 6.45) is -4.08. The molecule has 1 aromatic heterocycles. The van der Waals surface area contributed by atoms with Gasteiger partial charge in [-0.3, -0.25) is 0 Å². The highest BCUT2D eigenvalue weighted by atomic mass is 19.4. The van der Waals surface area contributed by atoms with Gasteiger partial charge in [-0.05, 0) is 6.92 Å². The summed E-state index contributed by atoms with van der Waals surface area (Å²) in [7, 11) is 0. The number of hydrogen-bond donors (Lipinski definition) is 0. The quantitative estimate of drug-likeness (QED) is 0.697. The van der Waals surface area contributed by atoms with Crippen LogP contribution in [0.1, 0.15) is 23.3 Å². The highest BCUT2D eigenvalue weighted by Gasteiger charge is 2.37. The van der Waals surface area contributed by atoms with Crippen molar-refractivity contribution < 1.29 is 27.1 Å². The lowest BCUT2D eigenvalue weighted by molar-refractivity contribution is -0.157. The second-order valence-electron chi connectivity index (χ2n) is 2.26. The van der Waals surface area contributed by atoms with Crippen LogP contribution >= 0.6 is 0 Å². The molecule has 14 heavy (non-hydrogen) atoms. The zero-order valence-corrected chi connectivity index (χ0v) is 7.09. The lowest BCUT2D eigenvalue weighted by Gasteiger charge is -1.98. The van der Waals surface area contributed by atoms with E-state index in [1.807, 2.05) is 0 Å². The Balaban J connectivity index is 2.83. The minimum atomic E-state index is -4.69. The van der Waals surface area contributed by atoms with E-state index < -0.39 is 23.7 Å². The Kier molecular flexibility index (Phi) is 2.78. The first-order chi connectivity index (χ1) is 6.45. The fourth-order valence-corrected chi connectivity index (χ4v) is 0.703. The predicted octanol–water partition coefficient (Wildman–Crippen LogP) is 1.87. The van der Waals surface area contributed by atoms with Crippen LogP contribution in [0.2, 0.25) is 0 Å². The summed E-state index contributed by atoms with van der Waals surface area (Å²) in [5.74, 6) is -2.40. The summed E-state index contributed by atoms with van der Waals surface area (Å²) in [5, 5.41) is 0. The monoisotopic (exact) mass is 209 g/mol. The Morgan fingerprint density at radius 2 is 2.29 bits per heavy atom. The zero-order valence-electron chi connectivity index (χ0n) is 7.09. The van der Waals surface area contributed by atoms with Gasteiger partial charge in [-0.25, -0.2) is 4.79 Å². The van der Waals surface area contributed by atoms with Gasteiger partial charge in [0.2, 0.25) is 0 Å². The molecule has 0 aliphatic carbocycles. The smallest absolute Gasteiger partial charge is 0.461 e. The summed E-state index contributed by atoms with van der Waals surface area (Å²) in [5.41, 5.74) is -0.487. The number of rotatable bonds is 2. The summed E-state index contributed by atoms with van der Waals surface area (Å²) >= 11 is 0. The molecule has 0 aliphatic rings. The van der Waals surface area contributed by atoms with Crippen LogP contribution in [0.4, 0.5) is 13.2 Å². The molecule has 0 amide bonds. The first-order valence-electron chi connectivity index (χ1n) is 3.65.